The van der Waals surface area contributed by atoms with Gasteiger partial charge in [0.25, 0.3) is 0 Å². The van der Waals surface area contributed by atoms with Crippen LogP contribution in [0.2, 0.25) is 0 Å². The normalized spacial score (nSPS) is 13.4. The van der Waals surface area contributed by atoms with E-state index in [9.17, 15) is 9.59 Å². The molecule has 0 heterocycles. The molecule has 0 aliphatic heterocycles. The maximum Gasteiger partial charge on any atom is 0.330 e. The average Bonchev–Trinajstić information content (AvgIpc) is 3.51. The Hall–Kier alpha value is -3.08. The Morgan fingerprint density at radius 3 is 2.44 bits per heavy atom. The molecule has 1 N–H and O–H groups in total. The number of carbonyl (C=O) groups is 2. The van der Waals surface area contributed by atoms with Gasteiger partial charge in [-0.3, -0.25) is 0 Å². The lowest BCUT2D eigenvalue weighted by atomic mass is 10.2. The largest absolute Gasteiger partial charge is 0.463 e. The third kappa shape index (κ3) is 5.71. The molecule has 27 heavy (non-hydrogen) atoms. The van der Waals surface area contributed by atoms with Crippen LogP contribution >= 0.6 is 0 Å². The van der Waals surface area contributed by atoms with Crippen molar-refractivity contribution in [2.75, 3.05) is 11.9 Å². The van der Waals surface area contributed by atoms with Gasteiger partial charge in [0.2, 0.25) is 0 Å². The molecule has 140 valence electrons. The number of hydrogen-bond donors (Lipinski definition) is 1. The van der Waals surface area contributed by atoms with E-state index in [-0.39, 0.29) is 12.0 Å². The van der Waals surface area contributed by atoms with E-state index in [1.807, 2.05) is 59.5 Å². The van der Waals surface area contributed by atoms with Crippen molar-refractivity contribution >= 4 is 23.8 Å². The zero-order valence-electron chi connectivity index (χ0n) is 15.4. The minimum atomic E-state index is -0.365. The number of amides is 2. The first-order valence-electron chi connectivity index (χ1n) is 9.22. The van der Waals surface area contributed by atoms with Crippen LogP contribution in [0.4, 0.5) is 10.5 Å². The molecule has 1 aliphatic carbocycles. The number of ether oxygens (including phenoxy) is 1. The molecule has 5 heteroatoms. The third-order valence-corrected chi connectivity index (χ3v) is 4.30. The molecule has 0 spiro atoms. The monoisotopic (exact) mass is 364 g/mol. The van der Waals surface area contributed by atoms with Gasteiger partial charge < -0.3 is 15.0 Å². The highest BCUT2D eigenvalue weighted by Crippen LogP contribution is 2.29. The summed E-state index contributed by atoms with van der Waals surface area (Å²) in [4.78, 5) is 26.0. The maximum absolute atomic E-state index is 12.7. The predicted molar refractivity (Wildman–Crippen MR) is 106 cm³/mol. The second-order valence-electron chi connectivity index (χ2n) is 6.48. The fraction of sp³-hybridized carbons (Fsp3) is 0.273. The van der Waals surface area contributed by atoms with Crippen molar-refractivity contribution in [1.29, 1.82) is 0 Å². The molecule has 3 rings (SSSR count). The molecule has 0 bridgehead atoms. The van der Waals surface area contributed by atoms with E-state index in [1.165, 1.54) is 6.08 Å². The maximum atomic E-state index is 12.7. The van der Waals surface area contributed by atoms with E-state index in [1.54, 1.807) is 13.0 Å². The number of urea groups is 1. The second kappa shape index (κ2) is 9.03. The molecule has 2 aromatic rings. The van der Waals surface area contributed by atoms with Crippen LogP contribution in [0, 0.1) is 0 Å². The summed E-state index contributed by atoms with van der Waals surface area (Å²) in [5.74, 6) is -0.365. The van der Waals surface area contributed by atoms with Crippen molar-refractivity contribution in [2.24, 2.45) is 0 Å². The molecule has 0 aromatic heterocycles. The van der Waals surface area contributed by atoms with E-state index in [0.717, 1.165) is 29.7 Å². The summed E-state index contributed by atoms with van der Waals surface area (Å²) >= 11 is 0. The molecule has 1 saturated carbocycles. The van der Waals surface area contributed by atoms with Crippen LogP contribution < -0.4 is 5.32 Å². The van der Waals surface area contributed by atoms with E-state index in [2.05, 4.69) is 5.32 Å². The first kappa shape index (κ1) is 18.7. The quantitative estimate of drug-likeness (QED) is 0.583. The highest BCUT2D eigenvalue weighted by Gasteiger charge is 2.32. The average molecular weight is 364 g/mol. The lowest BCUT2D eigenvalue weighted by Gasteiger charge is -2.23. The van der Waals surface area contributed by atoms with E-state index < -0.39 is 0 Å². The molecule has 1 aliphatic rings. The van der Waals surface area contributed by atoms with Crippen LogP contribution in [-0.4, -0.2) is 29.5 Å². The molecule has 0 atom stereocenters. The first-order chi connectivity index (χ1) is 13.2. The summed E-state index contributed by atoms with van der Waals surface area (Å²) in [6.07, 6.45) is 5.19. The summed E-state index contributed by atoms with van der Waals surface area (Å²) in [5.41, 5.74) is 2.72. The Kier molecular flexibility index (Phi) is 6.26. The van der Waals surface area contributed by atoms with Crippen LogP contribution in [-0.2, 0) is 16.1 Å². The number of carbonyl (C=O) groups excluding carboxylic acids is 2. The predicted octanol–water partition coefficient (Wildman–Crippen LogP) is 4.46. The van der Waals surface area contributed by atoms with Crippen LogP contribution in [0.5, 0.6) is 0 Å². The Bertz CT molecular complexity index is 796. The summed E-state index contributed by atoms with van der Waals surface area (Å²) < 4.78 is 4.86. The Labute approximate surface area is 159 Å². The molecule has 0 radical (unpaired) electrons. The lowest BCUT2D eigenvalue weighted by Crippen LogP contribution is -2.36. The fourth-order valence-electron chi connectivity index (χ4n) is 2.76. The Balaban J connectivity index is 1.60. The highest BCUT2D eigenvalue weighted by molar-refractivity contribution is 5.90. The summed E-state index contributed by atoms with van der Waals surface area (Å²) in [5, 5.41) is 2.97. The zero-order chi connectivity index (χ0) is 19.1. The number of anilines is 1. The minimum absolute atomic E-state index is 0.0869. The van der Waals surface area contributed by atoms with Gasteiger partial charge in [0, 0.05) is 24.4 Å². The van der Waals surface area contributed by atoms with Crippen LogP contribution in [0.25, 0.3) is 6.08 Å². The summed E-state index contributed by atoms with van der Waals surface area (Å²) in [6, 6.07) is 17.6. The molecule has 0 unspecified atom stereocenters. The molecule has 2 aromatic carbocycles. The number of hydrogen-bond acceptors (Lipinski definition) is 3. The first-order valence-corrected chi connectivity index (χ1v) is 9.22. The lowest BCUT2D eigenvalue weighted by molar-refractivity contribution is -0.137. The molecule has 0 saturated heterocycles. The molecule has 2 amide bonds. The number of benzene rings is 2. The number of rotatable bonds is 7. The van der Waals surface area contributed by atoms with Gasteiger partial charge in [-0.25, -0.2) is 9.59 Å². The standard InChI is InChI=1S/C22H24N2O3/c1-2-27-21(25)15-10-17-8-11-19(12-9-17)23-22(26)24(20-13-14-20)16-18-6-4-3-5-7-18/h3-12,15,20H,2,13-14,16H2,1H3,(H,23,26)/b15-10+. The Morgan fingerprint density at radius 2 is 1.81 bits per heavy atom. The van der Waals surface area contributed by atoms with Crippen molar-refractivity contribution in [3.05, 3.63) is 71.8 Å². The molecule has 1 fully saturated rings. The number of nitrogens with zero attached hydrogens (tertiary/aromatic N) is 1. The van der Waals surface area contributed by atoms with Crippen molar-refractivity contribution < 1.29 is 14.3 Å². The van der Waals surface area contributed by atoms with Crippen molar-refractivity contribution in [1.82, 2.24) is 4.90 Å². The van der Waals surface area contributed by atoms with Crippen molar-refractivity contribution in [3.8, 4) is 0 Å². The van der Waals surface area contributed by atoms with Crippen LogP contribution in [0.3, 0.4) is 0 Å². The third-order valence-electron chi connectivity index (χ3n) is 4.30. The van der Waals surface area contributed by atoms with Gasteiger partial charge in [-0.2, -0.15) is 0 Å². The highest BCUT2D eigenvalue weighted by atomic mass is 16.5. The fourth-order valence-corrected chi connectivity index (χ4v) is 2.76. The summed E-state index contributed by atoms with van der Waals surface area (Å²) in [7, 11) is 0. The SMILES string of the molecule is CCOC(=O)/C=C/c1ccc(NC(=O)N(Cc2ccccc2)C2CC2)cc1. The number of esters is 1. The zero-order valence-corrected chi connectivity index (χ0v) is 15.4. The second-order valence-corrected chi connectivity index (χ2v) is 6.48. The van der Waals surface area contributed by atoms with Gasteiger partial charge in [-0.15, -0.1) is 0 Å². The van der Waals surface area contributed by atoms with E-state index in [4.69, 9.17) is 4.74 Å². The van der Waals surface area contributed by atoms with Crippen LogP contribution in [0.15, 0.2) is 60.7 Å². The number of nitrogens with one attached hydrogen (secondary N) is 1. The van der Waals surface area contributed by atoms with Gasteiger partial charge in [0.1, 0.15) is 0 Å². The smallest absolute Gasteiger partial charge is 0.330 e. The summed E-state index contributed by atoms with van der Waals surface area (Å²) in [6.45, 7) is 2.73. The van der Waals surface area contributed by atoms with E-state index >= 15 is 0 Å². The van der Waals surface area contributed by atoms with Crippen molar-refractivity contribution in [2.45, 2.75) is 32.4 Å². The Morgan fingerprint density at radius 1 is 1.11 bits per heavy atom. The minimum Gasteiger partial charge on any atom is -0.463 e. The van der Waals surface area contributed by atoms with E-state index in [0.29, 0.717) is 19.2 Å². The van der Waals surface area contributed by atoms with Gasteiger partial charge in [0.05, 0.1) is 6.61 Å². The topological polar surface area (TPSA) is 58.6 Å². The van der Waals surface area contributed by atoms with Gasteiger partial charge in [-0.1, -0.05) is 42.5 Å². The van der Waals surface area contributed by atoms with Gasteiger partial charge in [-0.05, 0) is 49.1 Å². The molecule has 5 nitrogen and oxygen atoms in total. The van der Waals surface area contributed by atoms with Crippen molar-refractivity contribution in [3.63, 3.8) is 0 Å². The molecular formula is C22H24N2O3. The molecular weight excluding hydrogens is 340 g/mol. The van der Waals surface area contributed by atoms with Gasteiger partial charge >= 0.3 is 12.0 Å². The van der Waals surface area contributed by atoms with Gasteiger partial charge in [0.15, 0.2) is 0 Å². The van der Waals surface area contributed by atoms with Crippen LogP contribution in [0.1, 0.15) is 30.9 Å².